The molecule has 3 nitrogen and oxygen atoms in total. The van der Waals surface area contributed by atoms with E-state index in [0.29, 0.717) is 5.41 Å². The van der Waals surface area contributed by atoms with E-state index in [2.05, 4.69) is 42.8 Å². The molecule has 0 amide bonds. The van der Waals surface area contributed by atoms with Gasteiger partial charge in [-0.25, -0.2) is 0 Å². The zero-order valence-corrected chi connectivity index (χ0v) is 13.3. The third-order valence-corrected chi connectivity index (χ3v) is 4.89. The van der Waals surface area contributed by atoms with Crippen LogP contribution in [-0.4, -0.2) is 18.1 Å². The van der Waals surface area contributed by atoms with Gasteiger partial charge < -0.3 is 10.6 Å². The predicted octanol–water partition coefficient (Wildman–Crippen LogP) is 4.08. The Morgan fingerprint density at radius 2 is 1.81 bits per heavy atom. The molecule has 0 saturated carbocycles. The van der Waals surface area contributed by atoms with Crippen molar-refractivity contribution in [2.24, 2.45) is 11.3 Å². The Bertz CT molecular complexity index is 634. The third-order valence-electron chi connectivity index (χ3n) is 4.89. The second kappa shape index (κ2) is 5.21. The Kier molecular flexibility index (Phi) is 3.52. The van der Waals surface area contributed by atoms with E-state index >= 15 is 0 Å². The molecular weight excluding hydrogens is 258 g/mol. The van der Waals surface area contributed by atoms with Crippen molar-refractivity contribution in [1.82, 2.24) is 4.98 Å². The van der Waals surface area contributed by atoms with E-state index in [0.717, 1.165) is 30.1 Å². The van der Waals surface area contributed by atoms with Crippen molar-refractivity contribution in [2.75, 3.05) is 23.7 Å². The Hall–Kier alpha value is -1.77. The maximum absolute atomic E-state index is 6.08. The minimum Gasteiger partial charge on any atom is -0.398 e. The molecule has 1 aromatic carbocycles. The lowest BCUT2D eigenvalue weighted by Gasteiger charge is -2.40. The highest BCUT2D eigenvalue weighted by Gasteiger charge is 2.29. The number of anilines is 2. The van der Waals surface area contributed by atoms with Crippen LogP contribution in [0.15, 0.2) is 30.6 Å². The average molecular weight is 283 g/mol. The highest BCUT2D eigenvalue weighted by atomic mass is 15.1. The van der Waals surface area contributed by atoms with E-state index in [1.165, 1.54) is 23.9 Å². The molecule has 0 unspecified atom stereocenters. The fraction of sp³-hybridized carbons (Fsp3) is 0.500. The molecule has 0 atom stereocenters. The molecule has 1 aromatic heterocycles. The van der Waals surface area contributed by atoms with Crippen LogP contribution in [0.4, 0.5) is 11.4 Å². The number of hydrogen-bond acceptors (Lipinski definition) is 3. The molecule has 2 heterocycles. The molecule has 0 aliphatic carbocycles. The standard InChI is InChI=1S/C18H25N3/c1-18(2,3)13-7-10-21(11-8-13)17-5-4-16(19)15-12-20-9-6-14(15)17/h4-6,9,12-13H,7-8,10-11,19H2,1-3H3. The highest BCUT2D eigenvalue weighted by molar-refractivity contribution is 6.00. The summed E-state index contributed by atoms with van der Waals surface area (Å²) in [5, 5.41) is 2.28. The van der Waals surface area contributed by atoms with Crippen LogP contribution in [0.5, 0.6) is 0 Å². The topological polar surface area (TPSA) is 42.1 Å². The first-order chi connectivity index (χ1) is 9.97. The molecule has 3 heteroatoms. The molecule has 0 radical (unpaired) electrons. The molecule has 3 rings (SSSR count). The molecule has 1 aliphatic heterocycles. The molecule has 0 bridgehead atoms. The number of hydrogen-bond donors (Lipinski definition) is 1. The van der Waals surface area contributed by atoms with Gasteiger partial charge in [0, 0.05) is 47.6 Å². The second-order valence-electron chi connectivity index (χ2n) is 7.22. The number of piperidine rings is 1. The first-order valence-electron chi connectivity index (χ1n) is 7.84. The van der Waals surface area contributed by atoms with Crippen molar-refractivity contribution >= 4 is 22.1 Å². The van der Waals surface area contributed by atoms with Crippen molar-refractivity contribution < 1.29 is 0 Å². The maximum Gasteiger partial charge on any atom is 0.0448 e. The smallest absolute Gasteiger partial charge is 0.0448 e. The van der Waals surface area contributed by atoms with E-state index in [9.17, 15) is 0 Å². The number of nitrogen functional groups attached to an aromatic ring is 1. The molecule has 1 saturated heterocycles. The van der Waals surface area contributed by atoms with Crippen molar-refractivity contribution in [2.45, 2.75) is 33.6 Å². The van der Waals surface area contributed by atoms with Crippen LogP contribution in [0.3, 0.4) is 0 Å². The second-order valence-corrected chi connectivity index (χ2v) is 7.22. The van der Waals surface area contributed by atoms with Crippen LogP contribution in [0.2, 0.25) is 0 Å². The largest absolute Gasteiger partial charge is 0.398 e. The number of benzene rings is 1. The summed E-state index contributed by atoms with van der Waals surface area (Å²) in [5.41, 5.74) is 8.60. The first-order valence-corrected chi connectivity index (χ1v) is 7.84. The van der Waals surface area contributed by atoms with E-state index in [1.54, 1.807) is 0 Å². The van der Waals surface area contributed by atoms with E-state index < -0.39 is 0 Å². The predicted molar refractivity (Wildman–Crippen MR) is 90.5 cm³/mol. The monoisotopic (exact) mass is 283 g/mol. The number of aromatic nitrogens is 1. The summed E-state index contributed by atoms with van der Waals surface area (Å²) in [6, 6.07) is 6.25. The van der Waals surface area contributed by atoms with Gasteiger partial charge in [0.15, 0.2) is 0 Å². The number of nitrogens with two attached hydrogens (primary N) is 1. The Balaban J connectivity index is 1.88. The Labute approximate surface area is 127 Å². The van der Waals surface area contributed by atoms with Gasteiger partial charge in [-0.1, -0.05) is 20.8 Å². The zero-order valence-electron chi connectivity index (χ0n) is 13.3. The number of rotatable bonds is 1. The van der Waals surface area contributed by atoms with E-state index in [-0.39, 0.29) is 0 Å². The quantitative estimate of drug-likeness (QED) is 0.802. The molecule has 0 spiro atoms. The lowest BCUT2D eigenvalue weighted by Crippen LogP contribution is -2.38. The van der Waals surface area contributed by atoms with Crippen LogP contribution >= 0.6 is 0 Å². The lowest BCUT2D eigenvalue weighted by atomic mass is 9.75. The summed E-state index contributed by atoms with van der Waals surface area (Å²) in [4.78, 5) is 6.71. The average Bonchev–Trinajstić information content (AvgIpc) is 2.47. The van der Waals surface area contributed by atoms with Gasteiger partial charge in [-0.15, -0.1) is 0 Å². The summed E-state index contributed by atoms with van der Waals surface area (Å²) in [5.74, 6) is 0.815. The molecule has 2 N–H and O–H groups in total. The normalized spacial score (nSPS) is 17.4. The van der Waals surface area contributed by atoms with Gasteiger partial charge in [0.1, 0.15) is 0 Å². The number of fused-ring (bicyclic) bond motifs is 1. The lowest BCUT2D eigenvalue weighted by molar-refractivity contribution is 0.199. The summed E-state index contributed by atoms with van der Waals surface area (Å²) in [6.07, 6.45) is 6.25. The molecular formula is C18H25N3. The summed E-state index contributed by atoms with van der Waals surface area (Å²) < 4.78 is 0. The molecule has 112 valence electrons. The minimum atomic E-state index is 0.416. The van der Waals surface area contributed by atoms with Gasteiger partial charge in [-0.05, 0) is 42.4 Å². The summed E-state index contributed by atoms with van der Waals surface area (Å²) in [6.45, 7) is 9.33. The zero-order chi connectivity index (χ0) is 15.0. The summed E-state index contributed by atoms with van der Waals surface area (Å²) in [7, 11) is 0. The van der Waals surface area contributed by atoms with Crippen molar-refractivity contribution in [3.8, 4) is 0 Å². The highest BCUT2D eigenvalue weighted by Crippen LogP contribution is 2.37. The van der Waals surface area contributed by atoms with Crippen molar-refractivity contribution in [3.05, 3.63) is 30.6 Å². The van der Waals surface area contributed by atoms with Gasteiger partial charge in [-0.2, -0.15) is 0 Å². The number of pyridine rings is 1. The van der Waals surface area contributed by atoms with Crippen LogP contribution in [0.1, 0.15) is 33.6 Å². The van der Waals surface area contributed by atoms with Gasteiger partial charge >= 0.3 is 0 Å². The van der Waals surface area contributed by atoms with Gasteiger partial charge in [0.25, 0.3) is 0 Å². The molecule has 2 aromatic rings. The summed E-state index contributed by atoms with van der Waals surface area (Å²) >= 11 is 0. The fourth-order valence-corrected chi connectivity index (χ4v) is 3.46. The molecule has 21 heavy (non-hydrogen) atoms. The van der Waals surface area contributed by atoms with E-state index in [4.69, 9.17) is 5.73 Å². The van der Waals surface area contributed by atoms with Crippen LogP contribution in [-0.2, 0) is 0 Å². The van der Waals surface area contributed by atoms with Crippen molar-refractivity contribution in [3.63, 3.8) is 0 Å². The minimum absolute atomic E-state index is 0.416. The van der Waals surface area contributed by atoms with E-state index in [1.807, 2.05) is 18.5 Å². The van der Waals surface area contributed by atoms with Gasteiger partial charge in [0.05, 0.1) is 0 Å². The van der Waals surface area contributed by atoms with Gasteiger partial charge in [0.2, 0.25) is 0 Å². The van der Waals surface area contributed by atoms with Crippen LogP contribution in [0, 0.1) is 11.3 Å². The van der Waals surface area contributed by atoms with Gasteiger partial charge in [-0.3, -0.25) is 4.98 Å². The Morgan fingerprint density at radius 3 is 2.48 bits per heavy atom. The Morgan fingerprint density at radius 1 is 1.10 bits per heavy atom. The van der Waals surface area contributed by atoms with Crippen molar-refractivity contribution in [1.29, 1.82) is 0 Å². The maximum atomic E-state index is 6.08. The van der Waals surface area contributed by atoms with Crippen LogP contribution in [0.25, 0.3) is 10.8 Å². The SMILES string of the molecule is CC(C)(C)C1CCN(c2ccc(N)c3cnccc23)CC1. The first kappa shape index (κ1) is 14.2. The van der Waals surface area contributed by atoms with Crippen LogP contribution < -0.4 is 10.6 Å². The number of nitrogens with zero attached hydrogens (tertiary/aromatic N) is 2. The third kappa shape index (κ3) is 2.69. The fourth-order valence-electron chi connectivity index (χ4n) is 3.46. The molecule has 1 aliphatic rings. The molecule has 1 fully saturated rings.